The molecule has 0 fully saturated rings. The van der Waals surface area contributed by atoms with Crippen LogP contribution in [-0.2, 0) is 22.4 Å². The molecule has 12 nitrogen and oxygen atoms in total. The highest BCUT2D eigenvalue weighted by atomic mass is 16.4. The van der Waals surface area contributed by atoms with Crippen LogP contribution >= 0.6 is 0 Å². The summed E-state index contributed by atoms with van der Waals surface area (Å²) in [5.41, 5.74) is 7.56. The number of carbonyl (C=O) groups excluding carboxylic acids is 1. The van der Waals surface area contributed by atoms with Gasteiger partial charge in [0, 0.05) is 18.3 Å². The molecule has 12 heteroatoms. The molecule has 1 unspecified atom stereocenters. The van der Waals surface area contributed by atoms with Crippen molar-refractivity contribution in [3.63, 3.8) is 0 Å². The van der Waals surface area contributed by atoms with Gasteiger partial charge in [-0.05, 0) is 49.8 Å². The van der Waals surface area contributed by atoms with E-state index in [0.29, 0.717) is 11.0 Å². The summed E-state index contributed by atoms with van der Waals surface area (Å²) in [6, 6.07) is 3.70. The zero-order valence-electron chi connectivity index (χ0n) is 17.6. The maximum absolute atomic E-state index is 12.2. The molecule has 0 bridgehead atoms. The second kappa shape index (κ2) is 10.4. The number of anilines is 1. The lowest BCUT2D eigenvalue weighted by atomic mass is 10.1. The highest BCUT2D eigenvalue weighted by Crippen LogP contribution is 2.13. The normalized spacial score (nSPS) is 11.9. The van der Waals surface area contributed by atoms with E-state index in [-0.39, 0.29) is 30.0 Å². The Kier molecular flexibility index (Phi) is 7.38. The van der Waals surface area contributed by atoms with Crippen LogP contribution in [0.25, 0.3) is 11.0 Å². The van der Waals surface area contributed by atoms with E-state index >= 15 is 0 Å². The number of nitrogen functional groups attached to an aromatic ring is 1. The molecule has 1 atom stereocenters. The van der Waals surface area contributed by atoms with Crippen LogP contribution in [0.1, 0.15) is 47.4 Å². The van der Waals surface area contributed by atoms with Crippen LogP contribution in [0.3, 0.4) is 0 Å². The van der Waals surface area contributed by atoms with Gasteiger partial charge in [-0.2, -0.15) is 4.98 Å². The number of nitrogens with zero attached hydrogens (tertiary/aromatic N) is 2. The number of aryl methyl sites for hydroxylation is 2. The Balaban J connectivity index is 1.48. The van der Waals surface area contributed by atoms with Gasteiger partial charge in [-0.1, -0.05) is 6.07 Å². The first-order valence-corrected chi connectivity index (χ1v) is 10.3. The standard InChI is InChI=1S/C21H24N6O6/c22-21-26-17-13(18(30)27-21)9-12(24-17)4-2-1-3-11-5-6-14(23-10-11)19(31)25-15(20(32)33)7-8-16(28)29/h5-6,9-10,15H,1-4,7-8H2,(H,25,31)(H,28,29)(H,32,33)(H4,22,24,26,27,30). The van der Waals surface area contributed by atoms with Gasteiger partial charge < -0.3 is 26.2 Å². The van der Waals surface area contributed by atoms with Crippen LogP contribution in [0.5, 0.6) is 0 Å². The highest BCUT2D eigenvalue weighted by molar-refractivity contribution is 5.95. The number of nitrogens with two attached hydrogens (primary N) is 1. The first kappa shape index (κ1) is 23.4. The number of aromatic nitrogens is 4. The number of rotatable bonds is 11. The van der Waals surface area contributed by atoms with Gasteiger partial charge in [0.15, 0.2) is 0 Å². The summed E-state index contributed by atoms with van der Waals surface area (Å²) in [5, 5.41) is 20.6. The fraction of sp³-hybridized carbons (Fsp3) is 0.333. The van der Waals surface area contributed by atoms with Gasteiger partial charge in [-0.25, -0.2) is 4.79 Å². The van der Waals surface area contributed by atoms with Crippen molar-refractivity contribution in [2.75, 3.05) is 5.73 Å². The Hall–Kier alpha value is -4.22. The van der Waals surface area contributed by atoms with Crippen LogP contribution in [0, 0.1) is 0 Å². The Morgan fingerprint density at radius 3 is 2.55 bits per heavy atom. The fourth-order valence-electron chi connectivity index (χ4n) is 3.33. The molecule has 3 rings (SSSR count). The van der Waals surface area contributed by atoms with Gasteiger partial charge in [0.2, 0.25) is 5.95 Å². The van der Waals surface area contributed by atoms with E-state index in [9.17, 15) is 19.2 Å². The predicted octanol–water partition coefficient (Wildman–Crippen LogP) is 0.842. The van der Waals surface area contributed by atoms with Crippen molar-refractivity contribution in [2.45, 2.75) is 44.6 Å². The van der Waals surface area contributed by atoms with E-state index in [1.807, 2.05) is 0 Å². The summed E-state index contributed by atoms with van der Waals surface area (Å²) in [6.07, 6.45) is 4.08. The van der Waals surface area contributed by atoms with E-state index in [0.717, 1.165) is 36.9 Å². The third kappa shape index (κ3) is 6.38. The SMILES string of the molecule is Nc1nc2[nH]c(CCCCc3ccc(C(=O)NC(CCC(=O)O)C(=O)O)nc3)cc2c(=O)[nH]1. The van der Waals surface area contributed by atoms with E-state index in [1.54, 1.807) is 18.3 Å². The second-order valence-electron chi connectivity index (χ2n) is 7.56. The Labute approximate surface area is 187 Å². The number of aliphatic carboxylic acids is 2. The maximum Gasteiger partial charge on any atom is 0.326 e. The van der Waals surface area contributed by atoms with Crippen molar-refractivity contribution in [1.82, 2.24) is 25.3 Å². The summed E-state index contributed by atoms with van der Waals surface area (Å²) in [7, 11) is 0. The number of fused-ring (bicyclic) bond motifs is 1. The summed E-state index contributed by atoms with van der Waals surface area (Å²) in [5.74, 6) is -3.07. The Morgan fingerprint density at radius 2 is 1.88 bits per heavy atom. The highest BCUT2D eigenvalue weighted by Gasteiger charge is 2.22. The number of aromatic amines is 2. The molecule has 0 aliphatic carbocycles. The molecule has 174 valence electrons. The van der Waals surface area contributed by atoms with E-state index in [2.05, 4.69) is 25.3 Å². The lowest BCUT2D eigenvalue weighted by Gasteiger charge is -2.13. The molecular formula is C21H24N6O6. The van der Waals surface area contributed by atoms with Gasteiger partial charge in [0.1, 0.15) is 17.4 Å². The first-order chi connectivity index (χ1) is 15.7. The molecule has 1 amide bonds. The average Bonchev–Trinajstić information content (AvgIpc) is 3.17. The monoisotopic (exact) mass is 456 g/mol. The number of pyridine rings is 1. The van der Waals surface area contributed by atoms with Gasteiger partial charge >= 0.3 is 11.9 Å². The number of carbonyl (C=O) groups is 3. The molecule has 33 heavy (non-hydrogen) atoms. The van der Waals surface area contributed by atoms with Crippen LogP contribution in [-0.4, -0.2) is 54.0 Å². The number of unbranched alkanes of at least 4 members (excludes halogenated alkanes) is 1. The van der Waals surface area contributed by atoms with Gasteiger partial charge in [0.05, 0.1) is 5.39 Å². The zero-order chi connectivity index (χ0) is 24.0. The van der Waals surface area contributed by atoms with E-state index in [1.165, 1.54) is 6.07 Å². The summed E-state index contributed by atoms with van der Waals surface area (Å²) in [4.78, 5) is 59.6. The van der Waals surface area contributed by atoms with Crippen LogP contribution in [0.15, 0.2) is 29.2 Å². The molecule has 7 N–H and O–H groups in total. The van der Waals surface area contributed by atoms with E-state index in [4.69, 9.17) is 15.9 Å². The molecule has 0 spiro atoms. The Bertz CT molecular complexity index is 1220. The molecule has 0 saturated carbocycles. The number of carboxylic acids is 2. The maximum atomic E-state index is 12.2. The zero-order valence-corrected chi connectivity index (χ0v) is 17.6. The van der Waals surface area contributed by atoms with Crippen molar-refractivity contribution in [3.05, 3.63) is 51.7 Å². The van der Waals surface area contributed by atoms with Gasteiger partial charge in [-0.3, -0.25) is 24.4 Å². The van der Waals surface area contributed by atoms with Crippen LogP contribution < -0.4 is 16.6 Å². The van der Waals surface area contributed by atoms with Gasteiger partial charge in [-0.15, -0.1) is 0 Å². The minimum atomic E-state index is -1.31. The van der Waals surface area contributed by atoms with Crippen molar-refractivity contribution >= 4 is 34.8 Å². The van der Waals surface area contributed by atoms with E-state index < -0.39 is 23.9 Å². The topological polar surface area (TPSA) is 204 Å². The van der Waals surface area contributed by atoms with Crippen LogP contribution in [0.4, 0.5) is 5.95 Å². The molecule has 0 saturated heterocycles. The lowest BCUT2D eigenvalue weighted by molar-refractivity contribution is -0.140. The minimum Gasteiger partial charge on any atom is -0.481 e. The first-order valence-electron chi connectivity index (χ1n) is 10.3. The number of amides is 1. The van der Waals surface area contributed by atoms with Crippen molar-refractivity contribution < 1.29 is 24.6 Å². The average molecular weight is 456 g/mol. The third-order valence-electron chi connectivity index (χ3n) is 5.04. The molecule has 0 radical (unpaired) electrons. The van der Waals surface area contributed by atoms with Gasteiger partial charge in [0.25, 0.3) is 11.5 Å². The summed E-state index contributed by atoms with van der Waals surface area (Å²) >= 11 is 0. The third-order valence-corrected chi connectivity index (χ3v) is 5.04. The Morgan fingerprint density at radius 1 is 1.12 bits per heavy atom. The number of hydrogen-bond acceptors (Lipinski definition) is 7. The molecule has 3 aromatic rings. The molecule has 3 heterocycles. The number of H-pyrrole nitrogens is 2. The lowest BCUT2D eigenvalue weighted by Crippen LogP contribution is -2.41. The van der Waals surface area contributed by atoms with Crippen LogP contribution in [0.2, 0.25) is 0 Å². The smallest absolute Gasteiger partial charge is 0.326 e. The van der Waals surface area contributed by atoms with Crippen molar-refractivity contribution in [1.29, 1.82) is 0 Å². The number of hydrogen-bond donors (Lipinski definition) is 6. The van der Waals surface area contributed by atoms with Crippen molar-refractivity contribution in [2.24, 2.45) is 0 Å². The molecular weight excluding hydrogens is 432 g/mol. The minimum absolute atomic E-state index is 0.0513. The second-order valence-corrected chi connectivity index (χ2v) is 7.56. The number of nitrogens with one attached hydrogen (secondary N) is 3. The summed E-state index contributed by atoms with van der Waals surface area (Å²) < 4.78 is 0. The molecule has 3 aromatic heterocycles. The van der Waals surface area contributed by atoms with Crippen molar-refractivity contribution in [3.8, 4) is 0 Å². The fourth-order valence-corrected chi connectivity index (χ4v) is 3.33. The molecule has 0 aliphatic rings. The molecule has 0 aromatic carbocycles. The summed E-state index contributed by atoms with van der Waals surface area (Å²) in [6.45, 7) is 0. The predicted molar refractivity (Wildman–Crippen MR) is 118 cm³/mol. The molecule has 0 aliphatic heterocycles. The largest absolute Gasteiger partial charge is 0.481 e. The number of carboxylic acid groups (broad SMARTS) is 2. The quantitative estimate of drug-likeness (QED) is 0.226.